The van der Waals surface area contributed by atoms with Crippen LogP contribution in [-0.2, 0) is 11.3 Å². The lowest BCUT2D eigenvalue weighted by Gasteiger charge is -2.26. The molecular formula is C16H24BrIN4O3. The van der Waals surface area contributed by atoms with E-state index in [2.05, 4.69) is 36.5 Å². The van der Waals surface area contributed by atoms with Gasteiger partial charge in [0.2, 0.25) is 6.79 Å². The van der Waals surface area contributed by atoms with Crippen LogP contribution in [0.2, 0.25) is 0 Å². The summed E-state index contributed by atoms with van der Waals surface area (Å²) in [5.74, 6) is 2.33. The highest BCUT2D eigenvalue weighted by Crippen LogP contribution is 2.39. The van der Waals surface area contributed by atoms with Gasteiger partial charge in [0.05, 0.1) is 17.7 Å². The summed E-state index contributed by atoms with van der Waals surface area (Å²) in [5.41, 5.74) is 1.10. The van der Waals surface area contributed by atoms with E-state index >= 15 is 0 Å². The smallest absolute Gasteiger partial charge is 0.231 e. The molecule has 140 valence electrons. The number of halogens is 2. The highest BCUT2D eigenvalue weighted by molar-refractivity contribution is 14.0. The van der Waals surface area contributed by atoms with Crippen LogP contribution in [0.25, 0.3) is 0 Å². The maximum atomic E-state index is 5.44. The Morgan fingerprint density at radius 2 is 2.04 bits per heavy atom. The second-order valence-corrected chi connectivity index (χ2v) is 6.47. The molecule has 0 atom stereocenters. The molecule has 9 heteroatoms. The average molecular weight is 527 g/mol. The first kappa shape index (κ1) is 20.5. The highest BCUT2D eigenvalue weighted by atomic mass is 127. The summed E-state index contributed by atoms with van der Waals surface area (Å²) >= 11 is 3.51. The summed E-state index contributed by atoms with van der Waals surface area (Å²) in [6.45, 7) is 6.42. The number of rotatable bonds is 5. The Kier molecular flexibility index (Phi) is 8.53. The van der Waals surface area contributed by atoms with Gasteiger partial charge < -0.3 is 24.8 Å². The molecule has 0 aromatic heterocycles. The fourth-order valence-electron chi connectivity index (χ4n) is 2.69. The lowest BCUT2D eigenvalue weighted by atomic mass is 10.2. The third-order valence-electron chi connectivity index (χ3n) is 3.99. The van der Waals surface area contributed by atoms with Gasteiger partial charge in [-0.2, -0.15) is 0 Å². The number of ether oxygens (including phenoxy) is 3. The van der Waals surface area contributed by atoms with Crippen LogP contribution in [0.3, 0.4) is 0 Å². The van der Waals surface area contributed by atoms with Crippen LogP contribution in [0.1, 0.15) is 5.56 Å². The molecule has 7 nitrogen and oxygen atoms in total. The molecule has 2 N–H and O–H groups in total. The second kappa shape index (κ2) is 10.4. The predicted octanol–water partition coefficient (Wildman–Crippen LogP) is 1.79. The van der Waals surface area contributed by atoms with E-state index in [1.807, 2.05) is 12.1 Å². The summed E-state index contributed by atoms with van der Waals surface area (Å²) in [7, 11) is 1.78. The molecule has 2 heterocycles. The number of hydrogen-bond donors (Lipinski definition) is 2. The third kappa shape index (κ3) is 5.87. The predicted molar refractivity (Wildman–Crippen MR) is 111 cm³/mol. The lowest BCUT2D eigenvalue weighted by Crippen LogP contribution is -2.44. The van der Waals surface area contributed by atoms with E-state index in [-0.39, 0.29) is 30.8 Å². The molecule has 0 bridgehead atoms. The molecule has 2 aliphatic heterocycles. The van der Waals surface area contributed by atoms with Crippen molar-refractivity contribution in [1.29, 1.82) is 0 Å². The fourth-order valence-corrected chi connectivity index (χ4v) is 3.29. The van der Waals surface area contributed by atoms with Crippen LogP contribution in [0.5, 0.6) is 11.5 Å². The zero-order chi connectivity index (χ0) is 16.8. The van der Waals surface area contributed by atoms with Gasteiger partial charge >= 0.3 is 0 Å². The van der Waals surface area contributed by atoms with E-state index in [1.54, 1.807) is 7.05 Å². The van der Waals surface area contributed by atoms with E-state index in [0.717, 1.165) is 66.9 Å². The number of fused-ring (bicyclic) bond motifs is 1. The fraction of sp³-hybridized carbons (Fsp3) is 0.562. The number of hydrogen-bond acceptors (Lipinski definition) is 5. The van der Waals surface area contributed by atoms with Gasteiger partial charge in [-0.3, -0.25) is 9.89 Å². The van der Waals surface area contributed by atoms with E-state index in [4.69, 9.17) is 14.2 Å². The minimum absolute atomic E-state index is 0. The molecule has 1 saturated heterocycles. The molecule has 0 amide bonds. The van der Waals surface area contributed by atoms with E-state index in [1.165, 1.54) is 0 Å². The van der Waals surface area contributed by atoms with Crippen molar-refractivity contribution in [3.05, 3.63) is 22.2 Å². The number of nitrogens with one attached hydrogen (secondary N) is 2. The Labute approximate surface area is 173 Å². The first-order valence-electron chi connectivity index (χ1n) is 8.09. The number of aliphatic imine (C=N–C) groups is 1. The van der Waals surface area contributed by atoms with Crippen LogP contribution in [0.4, 0.5) is 0 Å². The minimum Gasteiger partial charge on any atom is -0.454 e. The molecule has 0 aliphatic carbocycles. The van der Waals surface area contributed by atoms with E-state index in [0.29, 0.717) is 6.54 Å². The van der Waals surface area contributed by atoms with Crippen LogP contribution in [-0.4, -0.2) is 64.1 Å². The van der Waals surface area contributed by atoms with Gasteiger partial charge in [-0.25, -0.2) is 0 Å². The van der Waals surface area contributed by atoms with Crippen LogP contribution in [0.15, 0.2) is 21.6 Å². The quantitative estimate of drug-likeness (QED) is 0.346. The number of nitrogens with zero attached hydrogens (tertiary/aromatic N) is 2. The van der Waals surface area contributed by atoms with Crippen molar-refractivity contribution >= 4 is 45.9 Å². The Morgan fingerprint density at radius 1 is 1.24 bits per heavy atom. The van der Waals surface area contributed by atoms with Crippen molar-refractivity contribution in [1.82, 2.24) is 15.5 Å². The van der Waals surface area contributed by atoms with Gasteiger partial charge in [0.25, 0.3) is 0 Å². The van der Waals surface area contributed by atoms with E-state index < -0.39 is 0 Å². The Morgan fingerprint density at radius 3 is 2.80 bits per heavy atom. The van der Waals surface area contributed by atoms with Gasteiger partial charge in [-0.1, -0.05) is 0 Å². The first-order valence-corrected chi connectivity index (χ1v) is 8.88. The van der Waals surface area contributed by atoms with Crippen molar-refractivity contribution < 1.29 is 14.2 Å². The average Bonchev–Trinajstić information content (AvgIpc) is 3.08. The molecule has 0 saturated carbocycles. The number of morpholine rings is 1. The zero-order valence-electron chi connectivity index (χ0n) is 14.2. The molecule has 1 fully saturated rings. The summed E-state index contributed by atoms with van der Waals surface area (Å²) in [6.07, 6.45) is 0. The Bertz CT molecular complexity index is 597. The second-order valence-electron chi connectivity index (χ2n) is 5.62. The topological polar surface area (TPSA) is 67.4 Å². The minimum atomic E-state index is 0. The van der Waals surface area contributed by atoms with Gasteiger partial charge in [0.1, 0.15) is 0 Å². The molecule has 25 heavy (non-hydrogen) atoms. The highest BCUT2D eigenvalue weighted by Gasteiger charge is 2.18. The van der Waals surface area contributed by atoms with Crippen LogP contribution >= 0.6 is 39.9 Å². The maximum Gasteiger partial charge on any atom is 0.231 e. The van der Waals surface area contributed by atoms with Gasteiger partial charge in [0.15, 0.2) is 17.5 Å². The van der Waals surface area contributed by atoms with Crippen molar-refractivity contribution in [2.75, 3.05) is 53.2 Å². The van der Waals surface area contributed by atoms with Crippen molar-refractivity contribution in [2.24, 2.45) is 4.99 Å². The molecule has 3 rings (SSSR count). The SMILES string of the molecule is CN=C(NCCN1CCOCC1)NCc1cc(Br)c2c(c1)OCO2.I. The summed E-state index contributed by atoms with van der Waals surface area (Å²) in [4.78, 5) is 6.65. The normalized spacial score (nSPS) is 17.1. The maximum absolute atomic E-state index is 5.44. The third-order valence-corrected chi connectivity index (χ3v) is 4.58. The summed E-state index contributed by atoms with van der Waals surface area (Å²) < 4.78 is 17.1. The van der Waals surface area contributed by atoms with Gasteiger partial charge in [0, 0.05) is 39.8 Å². The van der Waals surface area contributed by atoms with Crippen molar-refractivity contribution in [2.45, 2.75) is 6.54 Å². The Hall–Kier alpha value is -0.780. The van der Waals surface area contributed by atoms with Crippen LogP contribution < -0.4 is 20.1 Å². The Balaban J connectivity index is 0.00000225. The molecule has 0 unspecified atom stereocenters. The number of benzene rings is 1. The first-order chi connectivity index (χ1) is 11.8. The van der Waals surface area contributed by atoms with Gasteiger partial charge in [-0.05, 0) is 33.6 Å². The number of guanidine groups is 1. The van der Waals surface area contributed by atoms with Crippen molar-refractivity contribution in [3.63, 3.8) is 0 Å². The molecule has 0 spiro atoms. The monoisotopic (exact) mass is 526 g/mol. The van der Waals surface area contributed by atoms with E-state index in [9.17, 15) is 0 Å². The zero-order valence-corrected chi connectivity index (χ0v) is 18.1. The molecular weight excluding hydrogens is 503 g/mol. The lowest BCUT2D eigenvalue weighted by molar-refractivity contribution is 0.0389. The van der Waals surface area contributed by atoms with Crippen molar-refractivity contribution in [3.8, 4) is 11.5 Å². The molecule has 1 aromatic rings. The largest absolute Gasteiger partial charge is 0.454 e. The summed E-state index contributed by atoms with van der Waals surface area (Å²) in [6, 6.07) is 4.02. The standard InChI is InChI=1S/C16H23BrN4O3.HI/c1-18-16(19-2-3-21-4-6-22-7-5-21)20-10-12-8-13(17)15-14(9-12)23-11-24-15;/h8-9H,2-7,10-11H2,1H3,(H2,18,19,20);1H. The summed E-state index contributed by atoms with van der Waals surface area (Å²) in [5, 5.41) is 6.66. The van der Waals surface area contributed by atoms with Gasteiger partial charge in [-0.15, -0.1) is 24.0 Å². The molecule has 1 aromatic carbocycles. The molecule has 2 aliphatic rings. The van der Waals surface area contributed by atoms with Crippen LogP contribution in [0, 0.1) is 0 Å². The molecule has 0 radical (unpaired) electrons.